The molecule has 0 saturated heterocycles. The number of anilines is 1. The standard InChI is InChI=1S/C16H19BrN2/c1-11-7-16(14-5-3-4-6-15(14)18-11)19(2)10-12-8-13(17)9-12/h3-7,12-13H,8-10H2,1-2H3. The number of pyridine rings is 1. The summed E-state index contributed by atoms with van der Waals surface area (Å²) in [7, 11) is 2.20. The van der Waals surface area contributed by atoms with E-state index in [0.29, 0.717) is 0 Å². The van der Waals surface area contributed by atoms with Crippen LogP contribution in [0.2, 0.25) is 0 Å². The number of nitrogens with zero attached hydrogens (tertiary/aromatic N) is 2. The molecule has 1 heterocycles. The Labute approximate surface area is 123 Å². The fourth-order valence-electron chi connectivity index (χ4n) is 2.89. The van der Waals surface area contributed by atoms with Gasteiger partial charge in [0.2, 0.25) is 0 Å². The fraction of sp³-hybridized carbons (Fsp3) is 0.438. The van der Waals surface area contributed by atoms with Gasteiger partial charge in [-0.1, -0.05) is 34.1 Å². The van der Waals surface area contributed by atoms with Crippen molar-refractivity contribution >= 4 is 32.5 Å². The van der Waals surface area contributed by atoms with E-state index in [4.69, 9.17) is 0 Å². The minimum absolute atomic E-state index is 0.738. The molecule has 0 amide bonds. The van der Waals surface area contributed by atoms with Gasteiger partial charge >= 0.3 is 0 Å². The third kappa shape index (κ3) is 2.62. The van der Waals surface area contributed by atoms with Crippen LogP contribution < -0.4 is 4.90 Å². The summed E-state index contributed by atoms with van der Waals surface area (Å²) >= 11 is 3.67. The molecule has 0 unspecified atom stereocenters. The molecule has 0 N–H and O–H groups in total. The molecule has 0 radical (unpaired) electrons. The molecule has 100 valence electrons. The minimum Gasteiger partial charge on any atom is -0.374 e. The van der Waals surface area contributed by atoms with Crippen molar-refractivity contribution < 1.29 is 0 Å². The number of para-hydroxylation sites is 1. The molecule has 1 aliphatic carbocycles. The summed E-state index contributed by atoms with van der Waals surface area (Å²) in [6.45, 7) is 3.21. The molecule has 0 aliphatic heterocycles. The summed E-state index contributed by atoms with van der Waals surface area (Å²) in [5.41, 5.74) is 3.49. The van der Waals surface area contributed by atoms with E-state index in [1.165, 1.54) is 23.9 Å². The van der Waals surface area contributed by atoms with E-state index in [2.05, 4.69) is 70.1 Å². The third-order valence-corrected chi connectivity index (χ3v) is 4.69. The van der Waals surface area contributed by atoms with Gasteiger partial charge in [0.25, 0.3) is 0 Å². The Morgan fingerprint density at radius 3 is 2.79 bits per heavy atom. The van der Waals surface area contributed by atoms with Gasteiger partial charge in [0.1, 0.15) is 0 Å². The predicted octanol–water partition coefficient (Wildman–Crippen LogP) is 4.15. The number of alkyl halides is 1. The van der Waals surface area contributed by atoms with Crippen molar-refractivity contribution in [2.24, 2.45) is 5.92 Å². The van der Waals surface area contributed by atoms with Crippen LogP contribution in [0.25, 0.3) is 10.9 Å². The lowest BCUT2D eigenvalue weighted by atomic mass is 9.85. The van der Waals surface area contributed by atoms with Gasteiger partial charge in [0, 0.05) is 35.2 Å². The highest BCUT2D eigenvalue weighted by Crippen LogP contribution is 2.35. The molecule has 1 aromatic carbocycles. The van der Waals surface area contributed by atoms with Crippen molar-refractivity contribution in [1.82, 2.24) is 4.98 Å². The zero-order chi connectivity index (χ0) is 13.4. The number of aromatic nitrogens is 1. The number of fused-ring (bicyclic) bond motifs is 1. The first-order valence-electron chi connectivity index (χ1n) is 6.85. The lowest BCUT2D eigenvalue weighted by molar-refractivity contribution is 0.339. The molecule has 1 aliphatic rings. The van der Waals surface area contributed by atoms with E-state index in [-0.39, 0.29) is 0 Å². The van der Waals surface area contributed by atoms with Crippen molar-refractivity contribution in [3.8, 4) is 0 Å². The van der Waals surface area contributed by atoms with Gasteiger partial charge in [-0.25, -0.2) is 0 Å². The van der Waals surface area contributed by atoms with Crippen LogP contribution in [0.5, 0.6) is 0 Å². The second-order valence-electron chi connectivity index (χ2n) is 5.62. The number of rotatable bonds is 3. The first-order valence-corrected chi connectivity index (χ1v) is 7.76. The maximum absolute atomic E-state index is 4.61. The van der Waals surface area contributed by atoms with E-state index in [0.717, 1.165) is 28.5 Å². The molecule has 19 heavy (non-hydrogen) atoms. The molecule has 3 rings (SSSR count). The smallest absolute Gasteiger partial charge is 0.0726 e. The van der Waals surface area contributed by atoms with E-state index >= 15 is 0 Å². The number of benzene rings is 1. The van der Waals surface area contributed by atoms with E-state index in [1.807, 2.05) is 0 Å². The monoisotopic (exact) mass is 318 g/mol. The second-order valence-corrected chi connectivity index (χ2v) is 6.91. The van der Waals surface area contributed by atoms with Crippen LogP contribution in [0, 0.1) is 12.8 Å². The summed E-state index contributed by atoms with van der Waals surface area (Å²) in [6.07, 6.45) is 2.60. The molecule has 0 bridgehead atoms. The summed E-state index contributed by atoms with van der Waals surface area (Å²) in [4.78, 5) is 7.74. The van der Waals surface area contributed by atoms with Crippen LogP contribution in [0.3, 0.4) is 0 Å². The molecular weight excluding hydrogens is 300 g/mol. The van der Waals surface area contributed by atoms with E-state index in [1.54, 1.807) is 0 Å². The second kappa shape index (κ2) is 5.12. The van der Waals surface area contributed by atoms with Gasteiger partial charge in [-0.15, -0.1) is 0 Å². The van der Waals surface area contributed by atoms with Gasteiger partial charge in [-0.05, 0) is 37.8 Å². The highest BCUT2D eigenvalue weighted by atomic mass is 79.9. The number of aryl methyl sites for hydroxylation is 1. The van der Waals surface area contributed by atoms with Crippen LogP contribution in [-0.4, -0.2) is 23.4 Å². The van der Waals surface area contributed by atoms with Gasteiger partial charge in [-0.3, -0.25) is 4.98 Å². The summed E-state index contributed by atoms with van der Waals surface area (Å²) in [6, 6.07) is 10.6. The Morgan fingerprint density at radius 1 is 1.32 bits per heavy atom. The molecule has 0 atom stereocenters. The highest BCUT2D eigenvalue weighted by Gasteiger charge is 2.28. The summed E-state index contributed by atoms with van der Waals surface area (Å²) < 4.78 is 0. The molecule has 1 saturated carbocycles. The molecule has 0 spiro atoms. The molecule has 1 fully saturated rings. The van der Waals surface area contributed by atoms with Crippen LogP contribution in [-0.2, 0) is 0 Å². The maximum atomic E-state index is 4.61. The molecule has 2 nitrogen and oxygen atoms in total. The first kappa shape index (κ1) is 12.9. The Bertz CT molecular complexity index is 590. The molecule has 2 aromatic rings. The lowest BCUT2D eigenvalue weighted by Crippen LogP contribution is -2.34. The first-order chi connectivity index (χ1) is 9.13. The maximum Gasteiger partial charge on any atom is 0.0726 e. The molecule has 1 aromatic heterocycles. The average Bonchev–Trinajstić information content (AvgIpc) is 2.35. The Hall–Kier alpha value is -1.09. The number of hydrogen-bond donors (Lipinski definition) is 0. The summed E-state index contributed by atoms with van der Waals surface area (Å²) in [5, 5.41) is 1.25. The van der Waals surface area contributed by atoms with Crippen molar-refractivity contribution in [3.63, 3.8) is 0 Å². The fourth-order valence-corrected chi connectivity index (χ4v) is 3.95. The molecular formula is C16H19BrN2. The number of hydrogen-bond acceptors (Lipinski definition) is 2. The predicted molar refractivity (Wildman–Crippen MR) is 85.2 cm³/mol. The highest BCUT2D eigenvalue weighted by molar-refractivity contribution is 9.09. The van der Waals surface area contributed by atoms with E-state index < -0.39 is 0 Å². The van der Waals surface area contributed by atoms with Gasteiger partial charge in [-0.2, -0.15) is 0 Å². The van der Waals surface area contributed by atoms with Crippen LogP contribution in [0.1, 0.15) is 18.5 Å². The largest absolute Gasteiger partial charge is 0.374 e. The van der Waals surface area contributed by atoms with Gasteiger partial charge < -0.3 is 4.90 Å². The Morgan fingerprint density at radius 2 is 2.05 bits per heavy atom. The van der Waals surface area contributed by atoms with Crippen molar-refractivity contribution in [2.75, 3.05) is 18.5 Å². The van der Waals surface area contributed by atoms with Crippen LogP contribution in [0.15, 0.2) is 30.3 Å². The quantitative estimate of drug-likeness (QED) is 0.790. The zero-order valence-electron chi connectivity index (χ0n) is 11.4. The Kier molecular flexibility index (Phi) is 3.48. The van der Waals surface area contributed by atoms with Crippen LogP contribution in [0.4, 0.5) is 5.69 Å². The van der Waals surface area contributed by atoms with Crippen LogP contribution >= 0.6 is 15.9 Å². The van der Waals surface area contributed by atoms with Gasteiger partial charge in [0.05, 0.1) is 5.52 Å². The average molecular weight is 319 g/mol. The Balaban J connectivity index is 1.90. The van der Waals surface area contributed by atoms with Crippen molar-refractivity contribution in [1.29, 1.82) is 0 Å². The SMILES string of the molecule is Cc1cc(N(C)CC2CC(Br)C2)c2ccccc2n1. The summed E-state index contributed by atoms with van der Waals surface area (Å²) in [5.74, 6) is 0.821. The third-order valence-electron chi connectivity index (χ3n) is 3.94. The topological polar surface area (TPSA) is 16.1 Å². The van der Waals surface area contributed by atoms with Crippen molar-refractivity contribution in [3.05, 3.63) is 36.0 Å². The number of halogens is 1. The van der Waals surface area contributed by atoms with Gasteiger partial charge in [0.15, 0.2) is 0 Å². The lowest BCUT2D eigenvalue weighted by Gasteiger charge is -2.35. The normalized spacial score (nSPS) is 22.3. The minimum atomic E-state index is 0.738. The molecule has 3 heteroatoms. The van der Waals surface area contributed by atoms with E-state index in [9.17, 15) is 0 Å². The zero-order valence-corrected chi connectivity index (χ0v) is 13.0. The van der Waals surface area contributed by atoms with Crippen molar-refractivity contribution in [2.45, 2.75) is 24.6 Å².